The third-order valence-electron chi connectivity index (χ3n) is 4.20. The van der Waals surface area contributed by atoms with Gasteiger partial charge in [0, 0.05) is 12.5 Å². The molecular weight excluding hydrogens is 278 g/mol. The van der Waals surface area contributed by atoms with Crippen molar-refractivity contribution in [2.45, 2.75) is 44.8 Å². The molecule has 0 bridgehead atoms. The minimum absolute atomic E-state index is 0.148. The van der Waals surface area contributed by atoms with Gasteiger partial charge >= 0.3 is 0 Å². The van der Waals surface area contributed by atoms with Gasteiger partial charge in [0.15, 0.2) is 5.82 Å². The highest BCUT2D eigenvalue weighted by Crippen LogP contribution is 2.32. The number of hydrogen-bond acceptors (Lipinski definition) is 5. The van der Waals surface area contributed by atoms with Crippen LogP contribution in [0, 0.1) is 0 Å². The van der Waals surface area contributed by atoms with Crippen LogP contribution in [0.2, 0.25) is 0 Å². The fourth-order valence-corrected chi connectivity index (χ4v) is 2.96. The first-order chi connectivity index (χ1) is 10.6. The molecular formula is C17H23N3O2. The molecule has 22 heavy (non-hydrogen) atoms. The maximum absolute atomic E-state index is 10.4. The number of rotatable bonds is 5. The summed E-state index contributed by atoms with van der Waals surface area (Å²) in [6.45, 7) is 5.64. The van der Waals surface area contributed by atoms with Crippen LogP contribution in [-0.2, 0) is 0 Å². The van der Waals surface area contributed by atoms with E-state index >= 15 is 0 Å². The molecule has 2 atom stereocenters. The molecule has 5 heteroatoms. The zero-order chi connectivity index (χ0) is 15.5. The van der Waals surface area contributed by atoms with Gasteiger partial charge in [-0.15, -0.1) is 0 Å². The van der Waals surface area contributed by atoms with Crippen molar-refractivity contribution in [3.8, 4) is 0 Å². The van der Waals surface area contributed by atoms with Gasteiger partial charge < -0.3 is 9.63 Å². The first-order valence-corrected chi connectivity index (χ1v) is 7.95. The molecule has 1 aliphatic rings. The van der Waals surface area contributed by atoms with Crippen LogP contribution in [0.15, 0.2) is 34.9 Å². The SMILES string of the molecule is CC(C)c1nc([C@H]2CCCN2C[C@@H](O)c2ccccc2)no1. The van der Waals surface area contributed by atoms with Crippen LogP contribution in [0.5, 0.6) is 0 Å². The Kier molecular flexibility index (Phi) is 4.55. The first-order valence-electron chi connectivity index (χ1n) is 7.95. The van der Waals surface area contributed by atoms with Gasteiger partial charge in [-0.3, -0.25) is 4.90 Å². The first kappa shape index (κ1) is 15.2. The molecule has 1 fully saturated rings. The van der Waals surface area contributed by atoms with E-state index in [1.54, 1.807) is 0 Å². The van der Waals surface area contributed by atoms with Gasteiger partial charge in [-0.05, 0) is 24.9 Å². The Bertz CT molecular complexity index is 597. The third kappa shape index (κ3) is 3.20. The Morgan fingerprint density at radius 2 is 2.09 bits per heavy atom. The van der Waals surface area contributed by atoms with Crippen molar-refractivity contribution in [1.29, 1.82) is 0 Å². The van der Waals surface area contributed by atoms with E-state index in [-0.39, 0.29) is 12.0 Å². The van der Waals surface area contributed by atoms with Gasteiger partial charge in [0.25, 0.3) is 0 Å². The maximum Gasteiger partial charge on any atom is 0.229 e. The minimum atomic E-state index is -0.488. The molecule has 118 valence electrons. The summed E-state index contributed by atoms with van der Waals surface area (Å²) in [6.07, 6.45) is 1.62. The van der Waals surface area contributed by atoms with Crippen LogP contribution >= 0.6 is 0 Å². The summed E-state index contributed by atoms with van der Waals surface area (Å²) in [6, 6.07) is 9.93. The van der Waals surface area contributed by atoms with Crippen LogP contribution < -0.4 is 0 Å². The van der Waals surface area contributed by atoms with Crippen LogP contribution in [0.25, 0.3) is 0 Å². The van der Waals surface area contributed by atoms with E-state index in [1.807, 2.05) is 44.2 Å². The topological polar surface area (TPSA) is 62.4 Å². The van der Waals surface area contributed by atoms with Crippen LogP contribution in [-0.4, -0.2) is 33.2 Å². The van der Waals surface area contributed by atoms with E-state index in [0.717, 1.165) is 30.8 Å². The zero-order valence-corrected chi connectivity index (χ0v) is 13.1. The number of aliphatic hydroxyl groups excluding tert-OH is 1. The molecule has 0 amide bonds. The second kappa shape index (κ2) is 6.58. The molecule has 1 aliphatic heterocycles. The number of aromatic nitrogens is 2. The summed E-state index contributed by atoms with van der Waals surface area (Å²) < 4.78 is 5.33. The van der Waals surface area contributed by atoms with Gasteiger partial charge in [-0.25, -0.2) is 0 Å². The van der Waals surface area contributed by atoms with Crippen LogP contribution in [0.1, 0.15) is 62.0 Å². The molecule has 0 saturated carbocycles. The van der Waals surface area contributed by atoms with Gasteiger partial charge in [0.05, 0.1) is 12.1 Å². The fourth-order valence-electron chi connectivity index (χ4n) is 2.96. The molecule has 2 aromatic rings. The van der Waals surface area contributed by atoms with Crippen molar-refractivity contribution in [3.05, 3.63) is 47.6 Å². The monoisotopic (exact) mass is 301 g/mol. The lowest BCUT2D eigenvalue weighted by molar-refractivity contribution is 0.103. The van der Waals surface area contributed by atoms with Crippen molar-refractivity contribution in [2.75, 3.05) is 13.1 Å². The highest BCUT2D eigenvalue weighted by Gasteiger charge is 2.31. The summed E-state index contributed by atoms with van der Waals surface area (Å²) in [4.78, 5) is 6.78. The number of benzene rings is 1. The van der Waals surface area contributed by atoms with Crippen molar-refractivity contribution in [2.24, 2.45) is 0 Å². The van der Waals surface area contributed by atoms with E-state index in [2.05, 4.69) is 15.0 Å². The summed E-state index contributed by atoms with van der Waals surface area (Å²) in [5.74, 6) is 1.68. The van der Waals surface area contributed by atoms with Crippen molar-refractivity contribution < 1.29 is 9.63 Å². The number of aliphatic hydroxyl groups is 1. The van der Waals surface area contributed by atoms with Crippen LogP contribution in [0.4, 0.5) is 0 Å². The lowest BCUT2D eigenvalue weighted by atomic mass is 10.1. The predicted octanol–water partition coefficient (Wildman–Crippen LogP) is 3.06. The lowest BCUT2D eigenvalue weighted by Gasteiger charge is -2.24. The minimum Gasteiger partial charge on any atom is -0.387 e. The van der Waals surface area contributed by atoms with Gasteiger partial charge in [-0.1, -0.05) is 49.3 Å². The van der Waals surface area contributed by atoms with Gasteiger partial charge in [0.2, 0.25) is 5.89 Å². The molecule has 1 saturated heterocycles. The Labute approximate surface area is 131 Å². The van der Waals surface area contributed by atoms with E-state index < -0.39 is 6.10 Å². The molecule has 1 aromatic heterocycles. The van der Waals surface area contributed by atoms with E-state index in [0.29, 0.717) is 12.4 Å². The average Bonchev–Trinajstić information content (AvgIpc) is 3.16. The number of hydrogen-bond donors (Lipinski definition) is 1. The molecule has 0 radical (unpaired) electrons. The summed E-state index contributed by atoms with van der Waals surface area (Å²) in [5.41, 5.74) is 0.948. The van der Waals surface area contributed by atoms with Crippen molar-refractivity contribution in [1.82, 2.24) is 15.0 Å². The van der Waals surface area contributed by atoms with E-state index in [1.165, 1.54) is 0 Å². The van der Waals surface area contributed by atoms with E-state index in [4.69, 9.17) is 4.52 Å². The highest BCUT2D eigenvalue weighted by atomic mass is 16.5. The normalized spacial score (nSPS) is 20.6. The van der Waals surface area contributed by atoms with E-state index in [9.17, 15) is 5.11 Å². The molecule has 1 N–H and O–H groups in total. The largest absolute Gasteiger partial charge is 0.387 e. The summed E-state index contributed by atoms with van der Waals surface area (Å²) in [5, 5.41) is 14.6. The molecule has 1 aromatic carbocycles. The summed E-state index contributed by atoms with van der Waals surface area (Å²) in [7, 11) is 0. The molecule has 0 aliphatic carbocycles. The maximum atomic E-state index is 10.4. The molecule has 0 unspecified atom stereocenters. The molecule has 2 heterocycles. The quantitative estimate of drug-likeness (QED) is 0.919. The van der Waals surface area contributed by atoms with Crippen molar-refractivity contribution in [3.63, 3.8) is 0 Å². The Morgan fingerprint density at radius 1 is 1.32 bits per heavy atom. The summed E-state index contributed by atoms with van der Waals surface area (Å²) >= 11 is 0. The molecule has 3 rings (SSSR count). The number of nitrogens with zero attached hydrogens (tertiary/aromatic N) is 3. The van der Waals surface area contributed by atoms with Gasteiger partial charge in [-0.2, -0.15) is 4.98 Å². The molecule has 5 nitrogen and oxygen atoms in total. The second-order valence-corrected chi connectivity index (χ2v) is 6.22. The lowest BCUT2D eigenvalue weighted by Crippen LogP contribution is -2.29. The standard InChI is InChI=1S/C17H23N3O2/c1-12(2)17-18-16(19-22-17)14-9-6-10-20(14)11-15(21)13-7-4-3-5-8-13/h3-5,7-8,12,14-15,21H,6,9-11H2,1-2H3/t14-,15-/m1/s1. The Balaban J connectivity index is 1.70. The number of likely N-dealkylation sites (tertiary alicyclic amines) is 1. The highest BCUT2D eigenvalue weighted by molar-refractivity contribution is 5.17. The smallest absolute Gasteiger partial charge is 0.229 e. The molecule has 0 spiro atoms. The van der Waals surface area contributed by atoms with Crippen LogP contribution in [0.3, 0.4) is 0 Å². The fraction of sp³-hybridized carbons (Fsp3) is 0.529. The predicted molar refractivity (Wildman–Crippen MR) is 83.3 cm³/mol. The number of β-amino-alcohol motifs (C(OH)–C–C–N with tert-alkyl or cyclic N) is 1. The van der Waals surface area contributed by atoms with Crippen molar-refractivity contribution >= 4 is 0 Å². The Hall–Kier alpha value is -1.72. The average molecular weight is 301 g/mol. The zero-order valence-electron chi connectivity index (χ0n) is 13.1. The Morgan fingerprint density at radius 3 is 2.77 bits per heavy atom. The second-order valence-electron chi connectivity index (χ2n) is 6.22. The third-order valence-corrected chi connectivity index (χ3v) is 4.20. The van der Waals surface area contributed by atoms with Gasteiger partial charge in [0.1, 0.15) is 0 Å².